The van der Waals surface area contributed by atoms with Gasteiger partial charge in [0.1, 0.15) is 0 Å². The van der Waals surface area contributed by atoms with E-state index in [2.05, 4.69) is 0 Å². The van der Waals surface area contributed by atoms with Crippen molar-refractivity contribution < 1.29 is 19.8 Å². The van der Waals surface area contributed by atoms with Gasteiger partial charge >= 0.3 is 5.97 Å². The van der Waals surface area contributed by atoms with Crippen LogP contribution in [0.4, 0.5) is 0 Å². The number of thioether (sulfide) groups is 1. The summed E-state index contributed by atoms with van der Waals surface area (Å²) in [6.45, 7) is 5.86. The van der Waals surface area contributed by atoms with Gasteiger partial charge in [-0.15, -0.1) is 11.8 Å². The number of carbonyl (C=O) groups excluding carboxylic acids is 1. The summed E-state index contributed by atoms with van der Waals surface area (Å²) in [6, 6.07) is 0. The summed E-state index contributed by atoms with van der Waals surface area (Å²) in [5.41, 5.74) is -0.927. The zero-order valence-electron chi connectivity index (χ0n) is 9.89. The lowest BCUT2D eigenvalue weighted by molar-refractivity contribution is -0.133. The highest BCUT2D eigenvalue weighted by molar-refractivity contribution is 8.00. The Labute approximate surface area is 99.8 Å². The largest absolute Gasteiger partial charge is 0.481 e. The van der Waals surface area contributed by atoms with E-state index in [4.69, 9.17) is 5.11 Å². The molecular formula is C10H19NO4S. The van der Waals surface area contributed by atoms with Gasteiger partial charge in [-0.25, -0.2) is 0 Å². The molecule has 0 spiro atoms. The van der Waals surface area contributed by atoms with Gasteiger partial charge < -0.3 is 15.1 Å². The van der Waals surface area contributed by atoms with Gasteiger partial charge in [-0.3, -0.25) is 9.59 Å². The number of rotatable bonds is 7. The van der Waals surface area contributed by atoms with Gasteiger partial charge in [0, 0.05) is 13.1 Å². The second-order valence-corrected chi connectivity index (χ2v) is 5.09. The molecule has 0 unspecified atom stereocenters. The van der Waals surface area contributed by atoms with Crippen molar-refractivity contribution in [3.05, 3.63) is 0 Å². The van der Waals surface area contributed by atoms with Crippen LogP contribution in [0.3, 0.4) is 0 Å². The Balaban J connectivity index is 4.06. The van der Waals surface area contributed by atoms with Gasteiger partial charge in [0.25, 0.3) is 0 Å². The van der Waals surface area contributed by atoms with Crippen LogP contribution >= 0.6 is 11.8 Å². The molecule has 0 bridgehead atoms. The predicted molar refractivity (Wildman–Crippen MR) is 63.5 cm³/mol. The molecule has 0 aromatic carbocycles. The molecule has 94 valence electrons. The van der Waals surface area contributed by atoms with E-state index < -0.39 is 11.6 Å². The van der Waals surface area contributed by atoms with Crippen molar-refractivity contribution in [2.45, 2.75) is 26.4 Å². The number of hydrogen-bond acceptors (Lipinski definition) is 4. The second-order valence-electron chi connectivity index (χ2n) is 4.11. The van der Waals surface area contributed by atoms with Crippen molar-refractivity contribution in [3.8, 4) is 0 Å². The summed E-state index contributed by atoms with van der Waals surface area (Å²) in [6.07, 6.45) is 0. The normalized spacial score (nSPS) is 11.2. The van der Waals surface area contributed by atoms with Gasteiger partial charge in [-0.2, -0.15) is 0 Å². The molecule has 0 heterocycles. The summed E-state index contributed by atoms with van der Waals surface area (Å²) in [5, 5.41) is 18.0. The van der Waals surface area contributed by atoms with Crippen LogP contribution in [0.5, 0.6) is 0 Å². The van der Waals surface area contributed by atoms with Gasteiger partial charge in [0.2, 0.25) is 5.91 Å². The zero-order valence-corrected chi connectivity index (χ0v) is 10.7. The maximum Gasteiger partial charge on any atom is 0.313 e. The van der Waals surface area contributed by atoms with Crippen LogP contribution in [0.1, 0.15) is 20.8 Å². The van der Waals surface area contributed by atoms with Crippen LogP contribution in [0.15, 0.2) is 0 Å². The number of carbonyl (C=O) groups is 2. The molecule has 0 fully saturated rings. The lowest BCUT2D eigenvalue weighted by Crippen LogP contribution is -2.42. The van der Waals surface area contributed by atoms with Crippen LogP contribution < -0.4 is 0 Å². The molecule has 0 aromatic rings. The predicted octanol–water partition coefficient (Wildman–Crippen LogP) is 0.424. The number of hydrogen-bond donors (Lipinski definition) is 2. The first-order valence-electron chi connectivity index (χ1n) is 5.06. The summed E-state index contributed by atoms with van der Waals surface area (Å²) in [4.78, 5) is 23.4. The lowest BCUT2D eigenvalue weighted by atomic mass is 10.1. The van der Waals surface area contributed by atoms with Gasteiger partial charge in [0.05, 0.1) is 17.1 Å². The van der Waals surface area contributed by atoms with Crippen LogP contribution in [-0.2, 0) is 9.59 Å². The van der Waals surface area contributed by atoms with Crippen LogP contribution in [0.25, 0.3) is 0 Å². The maximum absolute atomic E-state index is 11.6. The highest BCUT2D eigenvalue weighted by atomic mass is 32.2. The molecule has 6 heteroatoms. The first-order chi connectivity index (χ1) is 7.26. The Kier molecular flexibility index (Phi) is 6.43. The Morgan fingerprint density at radius 3 is 2.25 bits per heavy atom. The molecule has 16 heavy (non-hydrogen) atoms. The standard InChI is InChI=1S/C10H19NO4S/c1-4-11(7-10(2,3)15)8(12)5-16-6-9(13)14/h15H,4-7H2,1-3H3,(H,13,14). The minimum atomic E-state index is -0.927. The SMILES string of the molecule is CCN(CC(C)(C)O)C(=O)CSCC(=O)O. The van der Waals surface area contributed by atoms with Crippen molar-refractivity contribution >= 4 is 23.6 Å². The molecule has 0 atom stereocenters. The first kappa shape index (κ1) is 15.2. The van der Waals surface area contributed by atoms with Crippen molar-refractivity contribution in [2.24, 2.45) is 0 Å². The summed E-state index contributed by atoms with van der Waals surface area (Å²) in [5.74, 6) is -1.01. The minimum Gasteiger partial charge on any atom is -0.481 e. The fourth-order valence-corrected chi connectivity index (χ4v) is 1.79. The average Bonchev–Trinajstić information content (AvgIpc) is 2.11. The first-order valence-corrected chi connectivity index (χ1v) is 6.21. The number of likely N-dealkylation sites (N-methyl/N-ethyl adjacent to an activating group) is 1. The summed E-state index contributed by atoms with van der Waals surface area (Å²) >= 11 is 1.07. The van der Waals surface area contributed by atoms with Gasteiger partial charge in [-0.05, 0) is 20.8 Å². The Morgan fingerprint density at radius 2 is 1.88 bits per heavy atom. The molecule has 1 amide bonds. The Morgan fingerprint density at radius 1 is 1.31 bits per heavy atom. The topological polar surface area (TPSA) is 77.8 Å². The van der Waals surface area contributed by atoms with E-state index in [9.17, 15) is 14.7 Å². The van der Waals surface area contributed by atoms with Gasteiger partial charge in [0.15, 0.2) is 0 Å². The average molecular weight is 249 g/mol. The molecule has 0 aliphatic carbocycles. The molecular weight excluding hydrogens is 230 g/mol. The van der Waals surface area contributed by atoms with E-state index in [0.717, 1.165) is 11.8 Å². The number of carboxylic acids is 1. The maximum atomic E-state index is 11.6. The molecule has 0 aliphatic rings. The van der Waals surface area contributed by atoms with Crippen molar-refractivity contribution in [3.63, 3.8) is 0 Å². The number of carboxylic acid groups (broad SMARTS) is 1. The van der Waals surface area contributed by atoms with E-state index in [0.29, 0.717) is 6.54 Å². The molecule has 0 aliphatic heterocycles. The number of amides is 1. The van der Waals surface area contributed by atoms with Crippen molar-refractivity contribution in [1.29, 1.82) is 0 Å². The fourth-order valence-electron chi connectivity index (χ4n) is 1.16. The van der Waals surface area contributed by atoms with E-state index >= 15 is 0 Å². The van der Waals surface area contributed by atoms with E-state index in [1.807, 2.05) is 6.92 Å². The fraction of sp³-hybridized carbons (Fsp3) is 0.800. The zero-order chi connectivity index (χ0) is 12.8. The Hall–Kier alpha value is -0.750. The van der Waals surface area contributed by atoms with Gasteiger partial charge in [-0.1, -0.05) is 0 Å². The molecule has 2 N–H and O–H groups in total. The van der Waals surface area contributed by atoms with E-state index in [1.54, 1.807) is 13.8 Å². The highest BCUT2D eigenvalue weighted by Gasteiger charge is 2.21. The third kappa shape index (κ3) is 7.53. The number of aliphatic hydroxyl groups is 1. The van der Waals surface area contributed by atoms with E-state index in [-0.39, 0.29) is 24.0 Å². The molecule has 0 saturated carbocycles. The number of aliphatic carboxylic acids is 1. The quantitative estimate of drug-likeness (QED) is 0.684. The van der Waals surface area contributed by atoms with Crippen molar-refractivity contribution in [1.82, 2.24) is 4.90 Å². The number of nitrogens with zero attached hydrogens (tertiary/aromatic N) is 1. The van der Waals surface area contributed by atoms with E-state index in [1.165, 1.54) is 4.90 Å². The van der Waals surface area contributed by atoms with Crippen molar-refractivity contribution in [2.75, 3.05) is 24.6 Å². The third-order valence-corrected chi connectivity index (χ3v) is 2.67. The van der Waals surface area contributed by atoms with Crippen LogP contribution in [-0.4, -0.2) is 57.2 Å². The highest BCUT2D eigenvalue weighted by Crippen LogP contribution is 2.08. The summed E-state index contributed by atoms with van der Waals surface area (Å²) < 4.78 is 0. The van der Waals surface area contributed by atoms with Crippen LogP contribution in [0, 0.1) is 0 Å². The monoisotopic (exact) mass is 249 g/mol. The molecule has 0 radical (unpaired) electrons. The minimum absolute atomic E-state index is 0.0776. The molecule has 5 nitrogen and oxygen atoms in total. The molecule has 0 saturated heterocycles. The molecule has 0 aromatic heterocycles. The lowest BCUT2D eigenvalue weighted by Gasteiger charge is -2.28. The Bertz CT molecular complexity index is 250. The molecule has 0 rings (SSSR count). The third-order valence-electron chi connectivity index (χ3n) is 1.76. The summed E-state index contributed by atoms with van der Waals surface area (Å²) in [7, 11) is 0. The second kappa shape index (κ2) is 6.75. The van der Waals surface area contributed by atoms with Crippen LogP contribution in [0.2, 0.25) is 0 Å². The smallest absolute Gasteiger partial charge is 0.313 e.